The zero-order valence-electron chi connectivity index (χ0n) is 22.0. The van der Waals surface area contributed by atoms with Crippen molar-refractivity contribution >= 4 is 12.3 Å². The van der Waals surface area contributed by atoms with Gasteiger partial charge >= 0.3 is 0 Å². The van der Waals surface area contributed by atoms with Gasteiger partial charge in [-0.3, -0.25) is 0 Å². The predicted octanol–water partition coefficient (Wildman–Crippen LogP) is 9.12. The molecule has 2 aliphatic rings. The van der Waals surface area contributed by atoms with E-state index >= 15 is 0 Å². The van der Waals surface area contributed by atoms with E-state index in [1.165, 1.54) is 53.7 Å². The maximum atomic E-state index is 4.77. The molecule has 1 aromatic carbocycles. The molecule has 0 aromatic heterocycles. The summed E-state index contributed by atoms with van der Waals surface area (Å²) in [6.45, 7) is 20.5. The van der Waals surface area contributed by atoms with Gasteiger partial charge in [0.2, 0.25) is 0 Å². The van der Waals surface area contributed by atoms with Crippen molar-refractivity contribution < 1.29 is 0 Å². The molecule has 0 saturated carbocycles. The lowest BCUT2D eigenvalue weighted by atomic mass is 9.90. The molecule has 1 aromatic rings. The molecule has 0 spiro atoms. The molecule has 2 bridgehead atoms. The van der Waals surface area contributed by atoms with Gasteiger partial charge in [-0.2, -0.15) is 0 Å². The first-order valence-corrected chi connectivity index (χ1v) is 12.5. The predicted molar refractivity (Wildman–Crippen MR) is 152 cm³/mol. The third-order valence-electron chi connectivity index (χ3n) is 6.16. The molecule has 0 fully saturated rings. The molecule has 3 rings (SSSR count). The first kappa shape index (κ1) is 27.1. The lowest BCUT2D eigenvalue weighted by Crippen LogP contribution is -2.26. The number of hydrogen-bond acceptors (Lipinski definition) is 2. The Hall–Kier alpha value is -3.13. The van der Waals surface area contributed by atoms with E-state index in [9.17, 15) is 0 Å². The second kappa shape index (κ2) is 13.5. The maximum absolute atomic E-state index is 4.77. The fourth-order valence-electron chi connectivity index (χ4n) is 4.16. The van der Waals surface area contributed by atoms with E-state index in [2.05, 4.69) is 95.8 Å². The number of rotatable bonds is 10. The molecule has 180 valence electrons. The SMILES string of the molecule is C=CC(=C)CCCCCC1=C(C)C2=C(/C(C=C)=C/c3ccccc3C)C=NC(=C1)N2C.CCC. The monoisotopic (exact) mass is 454 g/mol. The van der Waals surface area contributed by atoms with Crippen molar-refractivity contribution in [1.82, 2.24) is 4.90 Å². The number of aliphatic imine (C=N–C) groups is 1. The van der Waals surface area contributed by atoms with Crippen molar-refractivity contribution in [2.24, 2.45) is 4.99 Å². The van der Waals surface area contributed by atoms with Gasteiger partial charge in [-0.05, 0) is 79.5 Å². The van der Waals surface area contributed by atoms with E-state index in [-0.39, 0.29) is 0 Å². The second-order valence-corrected chi connectivity index (χ2v) is 9.02. The van der Waals surface area contributed by atoms with Crippen molar-refractivity contribution in [2.75, 3.05) is 7.05 Å². The summed E-state index contributed by atoms with van der Waals surface area (Å²) in [6.07, 6.45) is 17.2. The molecule has 34 heavy (non-hydrogen) atoms. The zero-order valence-corrected chi connectivity index (χ0v) is 22.0. The zero-order chi connectivity index (χ0) is 25.1. The first-order chi connectivity index (χ1) is 16.4. The molecule has 0 amide bonds. The minimum absolute atomic E-state index is 1.01. The van der Waals surface area contributed by atoms with E-state index in [0.29, 0.717) is 0 Å². The highest BCUT2D eigenvalue weighted by molar-refractivity contribution is 5.93. The largest absolute Gasteiger partial charge is 0.329 e. The summed E-state index contributed by atoms with van der Waals surface area (Å²) in [4.78, 5) is 6.97. The lowest BCUT2D eigenvalue weighted by molar-refractivity contribution is 0.503. The Kier molecular flexibility index (Phi) is 10.8. The highest BCUT2D eigenvalue weighted by Gasteiger charge is 2.26. The molecule has 0 aliphatic carbocycles. The second-order valence-electron chi connectivity index (χ2n) is 9.02. The van der Waals surface area contributed by atoms with E-state index in [1.807, 2.05) is 18.4 Å². The summed E-state index contributed by atoms with van der Waals surface area (Å²) in [5.41, 5.74) is 9.79. The van der Waals surface area contributed by atoms with Crippen molar-refractivity contribution in [3.8, 4) is 0 Å². The Morgan fingerprint density at radius 2 is 1.74 bits per heavy atom. The van der Waals surface area contributed by atoms with Crippen LogP contribution in [0.3, 0.4) is 0 Å². The van der Waals surface area contributed by atoms with Crippen LogP contribution < -0.4 is 0 Å². The summed E-state index contributed by atoms with van der Waals surface area (Å²) in [5.74, 6) is 1.01. The number of unbranched alkanes of at least 4 members (excludes halogenated alkanes) is 2. The van der Waals surface area contributed by atoms with Crippen LogP contribution >= 0.6 is 0 Å². The Morgan fingerprint density at radius 1 is 1.03 bits per heavy atom. The number of fused-ring (bicyclic) bond motifs is 2. The topological polar surface area (TPSA) is 15.6 Å². The Labute approximate surface area is 208 Å². The van der Waals surface area contributed by atoms with Crippen LogP contribution in [0.5, 0.6) is 0 Å². The van der Waals surface area contributed by atoms with Gasteiger partial charge in [0.1, 0.15) is 5.82 Å². The van der Waals surface area contributed by atoms with Crippen LogP contribution in [0.25, 0.3) is 6.08 Å². The highest BCUT2D eigenvalue weighted by Crippen LogP contribution is 2.37. The van der Waals surface area contributed by atoms with Crippen molar-refractivity contribution in [3.63, 3.8) is 0 Å². The van der Waals surface area contributed by atoms with Crippen LogP contribution in [0, 0.1) is 6.92 Å². The van der Waals surface area contributed by atoms with Crippen LogP contribution in [0.15, 0.2) is 107 Å². The number of aryl methyl sites for hydroxylation is 1. The van der Waals surface area contributed by atoms with Crippen LogP contribution in [-0.2, 0) is 0 Å². The molecule has 2 aliphatic heterocycles. The summed E-state index contributed by atoms with van der Waals surface area (Å²) in [7, 11) is 2.10. The molecule has 0 saturated heterocycles. The number of likely N-dealkylation sites (N-methyl/N-ethyl adjacent to an activating group) is 1. The van der Waals surface area contributed by atoms with Gasteiger partial charge < -0.3 is 4.90 Å². The van der Waals surface area contributed by atoms with E-state index < -0.39 is 0 Å². The lowest BCUT2D eigenvalue weighted by Gasteiger charge is -2.34. The van der Waals surface area contributed by atoms with Crippen molar-refractivity contribution in [2.45, 2.75) is 66.2 Å². The summed E-state index contributed by atoms with van der Waals surface area (Å²) in [6, 6.07) is 8.44. The minimum atomic E-state index is 1.01. The molecular formula is C32H42N2. The van der Waals surface area contributed by atoms with Gasteiger partial charge in [0.25, 0.3) is 0 Å². The molecule has 0 unspecified atom stereocenters. The average molecular weight is 455 g/mol. The first-order valence-electron chi connectivity index (χ1n) is 12.5. The Morgan fingerprint density at radius 3 is 2.38 bits per heavy atom. The minimum Gasteiger partial charge on any atom is -0.329 e. The van der Waals surface area contributed by atoms with Crippen molar-refractivity contribution in [1.29, 1.82) is 0 Å². The van der Waals surface area contributed by atoms with Crippen LogP contribution in [0.1, 0.15) is 70.4 Å². The molecule has 2 heterocycles. The third-order valence-corrected chi connectivity index (χ3v) is 6.16. The van der Waals surface area contributed by atoms with Crippen LogP contribution in [0.2, 0.25) is 0 Å². The maximum Gasteiger partial charge on any atom is 0.132 e. The smallest absolute Gasteiger partial charge is 0.132 e. The van der Waals surface area contributed by atoms with Gasteiger partial charge in [-0.15, -0.1) is 0 Å². The third kappa shape index (κ3) is 6.93. The van der Waals surface area contributed by atoms with E-state index in [1.54, 1.807) is 0 Å². The van der Waals surface area contributed by atoms with Gasteiger partial charge in [0.15, 0.2) is 0 Å². The molecule has 2 heteroatoms. The quantitative estimate of drug-likeness (QED) is 0.254. The number of benzene rings is 1. The van der Waals surface area contributed by atoms with Gasteiger partial charge in [0.05, 0.1) is 5.70 Å². The number of allylic oxidation sites excluding steroid dienone is 8. The normalized spacial score (nSPS) is 15.0. The van der Waals surface area contributed by atoms with Crippen molar-refractivity contribution in [3.05, 3.63) is 113 Å². The number of nitrogens with zero attached hydrogens (tertiary/aromatic N) is 2. The summed E-state index contributed by atoms with van der Waals surface area (Å²) >= 11 is 0. The average Bonchev–Trinajstić information content (AvgIpc) is 2.82. The molecule has 0 N–H and O–H groups in total. The molecule has 0 radical (unpaired) electrons. The molecule has 0 atom stereocenters. The fourth-order valence-corrected chi connectivity index (χ4v) is 4.16. The Bertz CT molecular complexity index is 1060. The number of hydrogen-bond donors (Lipinski definition) is 0. The van der Waals surface area contributed by atoms with Crippen LogP contribution in [0.4, 0.5) is 0 Å². The van der Waals surface area contributed by atoms with Gasteiger partial charge in [0, 0.05) is 18.8 Å². The molecular weight excluding hydrogens is 412 g/mol. The molecule has 2 nitrogen and oxygen atoms in total. The van der Waals surface area contributed by atoms with Crippen LogP contribution in [-0.4, -0.2) is 18.2 Å². The summed E-state index contributed by atoms with van der Waals surface area (Å²) < 4.78 is 0. The fraction of sp³-hybridized carbons (Fsp3) is 0.344. The highest BCUT2D eigenvalue weighted by atomic mass is 15.2. The van der Waals surface area contributed by atoms with E-state index in [0.717, 1.165) is 35.4 Å². The van der Waals surface area contributed by atoms with E-state index in [4.69, 9.17) is 4.99 Å². The standard InChI is InChI=1S/C29H34N2.C3H8/c1-7-21(3)14-10-9-11-17-26-19-28-30-20-27(29(23(26)5)31(28)6)24(8-2)18-25-16-13-12-15-22(25)4;1-3-2/h7-8,12-13,15-16,18-20H,1-3,9-11,14,17H2,4-6H3;3H2,1-2H3/b24-18+;. The van der Waals surface area contributed by atoms with Gasteiger partial charge in [-0.25, -0.2) is 4.99 Å². The summed E-state index contributed by atoms with van der Waals surface area (Å²) in [5, 5.41) is 0. The Balaban J connectivity index is 0.00000129. The van der Waals surface area contributed by atoms with Gasteiger partial charge in [-0.1, -0.05) is 88.4 Å².